The highest BCUT2D eigenvalue weighted by Gasteiger charge is 2.61. The third-order valence-electron chi connectivity index (χ3n) is 4.73. The third-order valence-corrected chi connectivity index (χ3v) is 5.56. The van der Waals surface area contributed by atoms with E-state index in [1.54, 1.807) is 0 Å². The Bertz CT molecular complexity index is 1260. The number of para-hydroxylation sites is 1. The number of nitrogens with zero attached hydrogens (tertiary/aromatic N) is 3. The Morgan fingerprint density at radius 2 is 1.97 bits per heavy atom. The molecule has 178 valence electrons. The van der Waals surface area contributed by atoms with Crippen LogP contribution in [0.2, 0.25) is 0 Å². The number of hydrogen-bond acceptors (Lipinski definition) is 6. The van der Waals surface area contributed by atoms with Gasteiger partial charge in [-0.25, -0.2) is 28.0 Å². The maximum atomic E-state index is 13.9. The first-order valence-electron chi connectivity index (χ1n) is 9.49. The van der Waals surface area contributed by atoms with Crippen LogP contribution in [0, 0.1) is 5.82 Å². The van der Waals surface area contributed by atoms with Gasteiger partial charge in [0.05, 0.1) is 17.5 Å². The molecular weight excluding hydrogens is 488 g/mol. The molecule has 1 aliphatic rings. The zero-order valence-corrected chi connectivity index (χ0v) is 17.6. The quantitative estimate of drug-likeness (QED) is 0.252. The van der Waals surface area contributed by atoms with Crippen molar-refractivity contribution in [3.63, 3.8) is 0 Å². The molecule has 3 aromatic rings. The van der Waals surface area contributed by atoms with Crippen molar-refractivity contribution < 1.29 is 41.0 Å². The first kappa shape index (κ1) is 23.5. The number of benzene rings is 2. The molecule has 2 aromatic carbocycles. The molecule has 1 heterocycles. The fourth-order valence-electron chi connectivity index (χ4n) is 3.06. The van der Waals surface area contributed by atoms with Crippen LogP contribution < -0.4 is 9.75 Å². The highest BCUT2D eigenvalue weighted by molar-refractivity contribution is 7.14. The van der Waals surface area contributed by atoms with E-state index in [1.165, 1.54) is 23.6 Å². The Balaban J connectivity index is 1.68. The third kappa shape index (κ3) is 5.14. The lowest BCUT2D eigenvalue weighted by Crippen LogP contribution is -2.24. The molecule has 6 nitrogen and oxygen atoms in total. The number of anilines is 1. The zero-order valence-electron chi connectivity index (χ0n) is 16.8. The van der Waals surface area contributed by atoms with Gasteiger partial charge in [0.1, 0.15) is 17.6 Å². The summed E-state index contributed by atoms with van der Waals surface area (Å²) < 4.78 is 83.4. The standard InChI is InChI=1S/C21H13F6N3O3S/c22-12-6-5-11(14(7-12)18(31)32)9-28-30(17-8-20(17,23)24)19-29-15(10-34-19)13-3-1-2-4-16(13)33-21(25,26)27/h1-7,9-10,17H,8H2,(H,31,32)/b28-9+. The maximum Gasteiger partial charge on any atom is 0.573 e. The fourth-order valence-corrected chi connectivity index (χ4v) is 3.89. The van der Waals surface area contributed by atoms with Gasteiger partial charge in [-0.3, -0.25) is 0 Å². The summed E-state index contributed by atoms with van der Waals surface area (Å²) in [6.07, 6.45) is -4.51. The SMILES string of the molecule is O=C(O)c1cc(F)ccc1/C=N/N(c1nc(-c2ccccc2OC(F)(F)F)cs1)C1CC1(F)F. The Hall–Kier alpha value is -3.61. The Morgan fingerprint density at radius 1 is 1.26 bits per heavy atom. The molecule has 0 spiro atoms. The molecular formula is C21H13F6N3O3S. The van der Waals surface area contributed by atoms with Gasteiger partial charge in [0.2, 0.25) is 5.13 Å². The van der Waals surface area contributed by atoms with Gasteiger partial charge < -0.3 is 9.84 Å². The van der Waals surface area contributed by atoms with Crippen molar-refractivity contribution in [3.05, 3.63) is 64.8 Å². The summed E-state index contributed by atoms with van der Waals surface area (Å²) >= 11 is 0.851. The number of ether oxygens (including phenoxy) is 1. The van der Waals surface area contributed by atoms with Crippen molar-refractivity contribution >= 4 is 28.7 Å². The molecule has 1 aliphatic carbocycles. The lowest BCUT2D eigenvalue weighted by molar-refractivity contribution is -0.274. The van der Waals surface area contributed by atoms with E-state index >= 15 is 0 Å². The summed E-state index contributed by atoms with van der Waals surface area (Å²) in [5.41, 5.74) is -0.439. The predicted octanol–water partition coefficient (Wildman–Crippen LogP) is 5.79. The highest BCUT2D eigenvalue weighted by Crippen LogP contribution is 2.48. The smallest absolute Gasteiger partial charge is 0.478 e. The first-order chi connectivity index (χ1) is 15.9. The number of carbonyl (C=O) groups is 1. The van der Waals surface area contributed by atoms with Crippen molar-refractivity contribution in [1.82, 2.24) is 4.98 Å². The molecule has 34 heavy (non-hydrogen) atoms. The summed E-state index contributed by atoms with van der Waals surface area (Å²) in [4.78, 5) is 15.5. The van der Waals surface area contributed by atoms with E-state index in [9.17, 15) is 36.2 Å². The minimum Gasteiger partial charge on any atom is -0.478 e. The number of carboxylic acids is 1. The van der Waals surface area contributed by atoms with Crippen LogP contribution in [0.5, 0.6) is 5.75 Å². The van der Waals surface area contributed by atoms with E-state index in [4.69, 9.17) is 0 Å². The molecule has 4 rings (SSSR count). The number of halogens is 6. The molecule has 0 amide bonds. The molecule has 0 radical (unpaired) electrons. The number of hydrazone groups is 1. The Morgan fingerprint density at radius 3 is 2.62 bits per heavy atom. The average Bonchev–Trinajstić information content (AvgIpc) is 3.14. The van der Waals surface area contributed by atoms with E-state index in [0.717, 1.165) is 46.8 Å². The minimum absolute atomic E-state index is 0.0134. The van der Waals surface area contributed by atoms with Crippen LogP contribution in [0.1, 0.15) is 22.3 Å². The van der Waals surface area contributed by atoms with Gasteiger partial charge in [0, 0.05) is 22.9 Å². The van der Waals surface area contributed by atoms with Gasteiger partial charge in [-0.15, -0.1) is 24.5 Å². The number of aromatic carboxylic acids is 1. The lowest BCUT2D eigenvalue weighted by Gasteiger charge is -2.15. The maximum absolute atomic E-state index is 13.9. The molecule has 1 fully saturated rings. The average molecular weight is 501 g/mol. The number of thiazole rings is 1. The number of rotatable bonds is 7. The van der Waals surface area contributed by atoms with Gasteiger partial charge >= 0.3 is 12.3 Å². The van der Waals surface area contributed by atoms with Crippen LogP contribution in [-0.2, 0) is 0 Å². The van der Waals surface area contributed by atoms with E-state index < -0.39 is 47.8 Å². The summed E-state index contributed by atoms with van der Waals surface area (Å²) in [6, 6.07) is 6.71. The van der Waals surface area contributed by atoms with Crippen molar-refractivity contribution in [2.45, 2.75) is 24.7 Å². The monoisotopic (exact) mass is 501 g/mol. The number of aromatic nitrogens is 1. The topological polar surface area (TPSA) is 75.0 Å². The normalized spacial score (nSPS) is 17.1. The first-order valence-corrected chi connectivity index (χ1v) is 10.4. The number of alkyl halides is 5. The lowest BCUT2D eigenvalue weighted by atomic mass is 10.1. The zero-order chi connectivity index (χ0) is 24.7. The van der Waals surface area contributed by atoms with Crippen LogP contribution >= 0.6 is 11.3 Å². The van der Waals surface area contributed by atoms with Gasteiger partial charge in [0.25, 0.3) is 5.92 Å². The summed E-state index contributed by atoms with van der Waals surface area (Å²) in [5.74, 6) is -5.86. The molecule has 0 saturated heterocycles. The fraction of sp³-hybridized carbons (Fsp3) is 0.190. The van der Waals surface area contributed by atoms with Crippen molar-refractivity contribution in [1.29, 1.82) is 0 Å². The summed E-state index contributed by atoms with van der Waals surface area (Å²) in [6.45, 7) is 0. The Labute approximate surface area is 191 Å². The minimum atomic E-state index is -4.95. The van der Waals surface area contributed by atoms with Gasteiger partial charge in [-0.2, -0.15) is 5.10 Å². The molecule has 1 atom stereocenters. The van der Waals surface area contributed by atoms with E-state index in [1.807, 2.05) is 0 Å². The molecule has 1 aromatic heterocycles. The molecule has 0 bridgehead atoms. The largest absolute Gasteiger partial charge is 0.573 e. The molecule has 1 unspecified atom stereocenters. The second-order valence-corrected chi connectivity index (χ2v) is 8.00. The van der Waals surface area contributed by atoms with Crippen LogP contribution in [0.4, 0.5) is 31.5 Å². The second-order valence-electron chi connectivity index (χ2n) is 7.17. The molecule has 0 aliphatic heterocycles. The summed E-state index contributed by atoms with van der Waals surface area (Å²) in [7, 11) is 0. The highest BCUT2D eigenvalue weighted by atomic mass is 32.1. The summed E-state index contributed by atoms with van der Waals surface area (Å²) in [5, 5.41) is 15.4. The van der Waals surface area contributed by atoms with Crippen molar-refractivity contribution in [2.75, 3.05) is 5.01 Å². The van der Waals surface area contributed by atoms with E-state index in [0.29, 0.717) is 0 Å². The number of hydrogen-bond donors (Lipinski definition) is 1. The molecule has 13 heteroatoms. The second kappa shape index (κ2) is 8.63. The van der Waals surface area contributed by atoms with Crippen LogP contribution in [0.3, 0.4) is 0 Å². The van der Waals surface area contributed by atoms with Gasteiger partial charge in [-0.1, -0.05) is 12.1 Å². The predicted molar refractivity (Wildman–Crippen MR) is 111 cm³/mol. The van der Waals surface area contributed by atoms with Crippen molar-refractivity contribution in [3.8, 4) is 17.0 Å². The van der Waals surface area contributed by atoms with E-state index in [-0.39, 0.29) is 22.0 Å². The number of carboxylic acid groups (broad SMARTS) is 1. The molecule has 1 N–H and O–H groups in total. The Kier molecular flexibility index (Phi) is 5.98. The van der Waals surface area contributed by atoms with E-state index in [2.05, 4.69) is 14.8 Å². The van der Waals surface area contributed by atoms with Crippen LogP contribution in [0.25, 0.3) is 11.3 Å². The molecule has 1 saturated carbocycles. The van der Waals surface area contributed by atoms with Crippen molar-refractivity contribution in [2.24, 2.45) is 5.10 Å². The van der Waals surface area contributed by atoms with Crippen LogP contribution in [0.15, 0.2) is 52.9 Å². The van der Waals surface area contributed by atoms with Gasteiger partial charge in [0.15, 0.2) is 0 Å². The van der Waals surface area contributed by atoms with Crippen LogP contribution in [-0.4, -0.2) is 40.6 Å². The van der Waals surface area contributed by atoms with Gasteiger partial charge in [-0.05, 0) is 30.3 Å².